The van der Waals surface area contributed by atoms with Gasteiger partial charge >= 0.3 is 0 Å². The van der Waals surface area contributed by atoms with Crippen molar-refractivity contribution in [3.05, 3.63) is 53.6 Å². The van der Waals surface area contributed by atoms with Gasteiger partial charge in [-0.3, -0.25) is 0 Å². The first-order chi connectivity index (χ1) is 8.58. The lowest BCUT2D eigenvalue weighted by molar-refractivity contribution is 0.200. The van der Waals surface area contributed by atoms with Crippen LogP contribution in [-0.4, -0.2) is 10.2 Å². The van der Waals surface area contributed by atoms with Gasteiger partial charge in [0.25, 0.3) is 0 Å². The molecule has 0 spiro atoms. The number of phenols is 1. The molecule has 3 heteroatoms. The number of hydrogen-bond acceptors (Lipinski definition) is 2. The van der Waals surface area contributed by atoms with Gasteiger partial charge < -0.3 is 10.2 Å². The highest BCUT2D eigenvalue weighted by molar-refractivity contribution is 7.55. The normalized spacial score (nSPS) is 13.1. The molecule has 0 aliphatic rings. The van der Waals surface area contributed by atoms with Crippen molar-refractivity contribution in [2.45, 2.75) is 20.0 Å². The van der Waals surface area contributed by atoms with Crippen LogP contribution >= 0.6 is 8.58 Å². The fourth-order valence-corrected chi connectivity index (χ4v) is 3.14. The molecular formula is C15H17O2P. The van der Waals surface area contributed by atoms with Crippen LogP contribution in [0.4, 0.5) is 0 Å². The summed E-state index contributed by atoms with van der Waals surface area (Å²) in [5.41, 5.74) is 2.08. The third-order valence-electron chi connectivity index (χ3n) is 2.83. The third-order valence-corrected chi connectivity index (χ3v) is 4.25. The zero-order valence-corrected chi connectivity index (χ0v) is 11.5. The number of hydrogen-bond donors (Lipinski definition) is 2. The van der Waals surface area contributed by atoms with Gasteiger partial charge in [-0.1, -0.05) is 50.5 Å². The standard InChI is InChI=1S/C15H17O2P/c1-10-7-8-14(12(9-10)11(2)16)18-15-6-4-3-5-13(15)17/h3-9,11,16-18H,1-2H3. The second kappa shape index (κ2) is 5.51. The van der Waals surface area contributed by atoms with Gasteiger partial charge in [0.1, 0.15) is 5.75 Å². The summed E-state index contributed by atoms with van der Waals surface area (Å²) in [7, 11) is 0.354. The van der Waals surface area contributed by atoms with E-state index in [2.05, 4.69) is 0 Å². The summed E-state index contributed by atoms with van der Waals surface area (Å²) < 4.78 is 0. The number of aliphatic hydroxyl groups is 1. The summed E-state index contributed by atoms with van der Waals surface area (Å²) in [6, 6.07) is 13.4. The first kappa shape index (κ1) is 13.1. The number of aryl methyl sites for hydroxylation is 1. The zero-order chi connectivity index (χ0) is 13.1. The molecule has 0 saturated heterocycles. The molecule has 2 aromatic carbocycles. The Balaban J connectivity index is 2.37. The van der Waals surface area contributed by atoms with Gasteiger partial charge in [0, 0.05) is 5.30 Å². The Bertz CT molecular complexity index is 550. The van der Waals surface area contributed by atoms with Crippen LogP contribution in [0.1, 0.15) is 24.2 Å². The van der Waals surface area contributed by atoms with Crippen LogP contribution < -0.4 is 10.6 Å². The van der Waals surface area contributed by atoms with Gasteiger partial charge in [-0.25, -0.2) is 0 Å². The van der Waals surface area contributed by atoms with E-state index >= 15 is 0 Å². The lowest BCUT2D eigenvalue weighted by Gasteiger charge is -2.13. The average molecular weight is 260 g/mol. The van der Waals surface area contributed by atoms with E-state index in [0.29, 0.717) is 14.3 Å². The van der Waals surface area contributed by atoms with Crippen LogP contribution in [0, 0.1) is 6.92 Å². The van der Waals surface area contributed by atoms with Gasteiger partial charge in [0.15, 0.2) is 0 Å². The number of benzene rings is 2. The summed E-state index contributed by atoms with van der Waals surface area (Å²) in [6.45, 7) is 3.78. The van der Waals surface area contributed by atoms with Crippen LogP contribution in [0.3, 0.4) is 0 Å². The molecule has 0 bridgehead atoms. The molecular weight excluding hydrogens is 243 g/mol. The molecule has 2 atom stereocenters. The highest BCUT2D eigenvalue weighted by atomic mass is 31.1. The van der Waals surface area contributed by atoms with Crippen molar-refractivity contribution in [3.63, 3.8) is 0 Å². The summed E-state index contributed by atoms with van der Waals surface area (Å²) >= 11 is 0. The molecule has 0 heterocycles. The Morgan fingerprint density at radius 1 is 1.06 bits per heavy atom. The summed E-state index contributed by atoms with van der Waals surface area (Å²) in [4.78, 5) is 0. The topological polar surface area (TPSA) is 40.5 Å². The van der Waals surface area contributed by atoms with Gasteiger partial charge in [0.05, 0.1) is 6.10 Å². The molecule has 2 unspecified atom stereocenters. The van der Waals surface area contributed by atoms with E-state index in [1.165, 1.54) is 0 Å². The molecule has 0 radical (unpaired) electrons. The van der Waals surface area contributed by atoms with Gasteiger partial charge in [-0.2, -0.15) is 0 Å². The van der Waals surface area contributed by atoms with Gasteiger partial charge in [-0.05, 0) is 30.8 Å². The predicted octanol–water partition coefficient (Wildman–Crippen LogP) is 2.38. The number of phenolic OH excluding ortho intramolecular Hbond substituents is 1. The van der Waals surface area contributed by atoms with Crippen molar-refractivity contribution in [2.75, 3.05) is 0 Å². The molecule has 0 aliphatic carbocycles. The smallest absolute Gasteiger partial charge is 0.123 e. The Kier molecular flexibility index (Phi) is 4.00. The molecule has 94 valence electrons. The molecule has 0 fully saturated rings. The van der Waals surface area contributed by atoms with Crippen molar-refractivity contribution in [3.8, 4) is 5.75 Å². The monoisotopic (exact) mass is 260 g/mol. The van der Waals surface area contributed by atoms with Gasteiger partial charge in [-0.15, -0.1) is 0 Å². The van der Waals surface area contributed by atoms with Crippen LogP contribution in [0.25, 0.3) is 0 Å². The molecule has 2 aromatic rings. The molecule has 0 aromatic heterocycles. The minimum atomic E-state index is -0.488. The fourth-order valence-electron chi connectivity index (χ4n) is 1.87. The molecule has 2 N–H and O–H groups in total. The lowest BCUT2D eigenvalue weighted by Crippen LogP contribution is -2.12. The maximum atomic E-state index is 9.82. The lowest BCUT2D eigenvalue weighted by atomic mass is 10.1. The molecule has 2 rings (SSSR count). The van der Waals surface area contributed by atoms with Crippen molar-refractivity contribution < 1.29 is 10.2 Å². The van der Waals surface area contributed by atoms with E-state index in [9.17, 15) is 10.2 Å². The van der Waals surface area contributed by atoms with Gasteiger partial charge in [0.2, 0.25) is 0 Å². The largest absolute Gasteiger partial charge is 0.507 e. The molecule has 0 aliphatic heterocycles. The fraction of sp³-hybridized carbons (Fsp3) is 0.200. The van der Waals surface area contributed by atoms with Crippen LogP contribution in [0.2, 0.25) is 0 Å². The van der Waals surface area contributed by atoms with Crippen molar-refractivity contribution >= 4 is 19.2 Å². The van der Waals surface area contributed by atoms with Crippen LogP contribution in [-0.2, 0) is 0 Å². The summed E-state index contributed by atoms with van der Waals surface area (Å²) in [5.74, 6) is 0.313. The van der Waals surface area contributed by atoms with E-state index in [-0.39, 0.29) is 0 Å². The maximum absolute atomic E-state index is 9.82. The van der Waals surface area contributed by atoms with E-state index in [0.717, 1.165) is 21.7 Å². The third kappa shape index (κ3) is 2.90. The minimum Gasteiger partial charge on any atom is -0.507 e. The van der Waals surface area contributed by atoms with E-state index < -0.39 is 6.10 Å². The zero-order valence-electron chi connectivity index (χ0n) is 10.5. The van der Waals surface area contributed by atoms with Crippen LogP contribution in [0.15, 0.2) is 42.5 Å². The molecule has 18 heavy (non-hydrogen) atoms. The van der Waals surface area contributed by atoms with E-state index in [1.54, 1.807) is 13.0 Å². The molecule has 2 nitrogen and oxygen atoms in total. The Labute approximate surface area is 109 Å². The first-order valence-corrected chi connectivity index (χ1v) is 6.91. The number of aromatic hydroxyl groups is 1. The van der Waals surface area contributed by atoms with Crippen molar-refractivity contribution in [1.82, 2.24) is 0 Å². The highest BCUT2D eigenvalue weighted by Crippen LogP contribution is 2.23. The Morgan fingerprint density at radius 2 is 1.78 bits per heavy atom. The average Bonchev–Trinajstić information content (AvgIpc) is 2.34. The maximum Gasteiger partial charge on any atom is 0.123 e. The number of aliphatic hydroxyl groups excluding tert-OH is 1. The Morgan fingerprint density at radius 3 is 2.44 bits per heavy atom. The van der Waals surface area contributed by atoms with Crippen molar-refractivity contribution in [2.24, 2.45) is 0 Å². The molecule has 0 saturated carbocycles. The quantitative estimate of drug-likeness (QED) is 0.832. The second-order valence-corrected chi connectivity index (χ2v) is 5.74. The van der Waals surface area contributed by atoms with Crippen LogP contribution in [0.5, 0.6) is 5.75 Å². The SMILES string of the molecule is Cc1ccc(Pc2ccccc2O)c(C(C)O)c1. The minimum absolute atomic E-state index is 0.313. The van der Waals surface area contributed by atoms with E-state index in [1.807, 2.05) is 43.3 Å². The van der Waals surface area contributed by atoms with E-state index in [4.69, 9.17) is 0 Å². The molecule has 0 amide bonds. The number of rotatable bonds is 3. The second-order valence-electron chi connectivity index (χ2n) is 4.41. The van der Waals surface area contributed by atoms with Crippen molar-refractivity contribution in [1.29, 1.82) is 0 Å². The highest BCUT2D eigenvalue weighted by Gasteiger charge is 2.10. The first-order valence-electron chi connectivity index (χ1n) is 5.91. The Hall–Kier alpha value is -1.37. The summed E-state index contributed by atoms with van der Waals surface area (Å²) in [5, 5.41) is 21.6. The predicted molar refractivity (Wildman–Crippen MR) is 77.5 cm³/mol. The summed E-state index contributed by atoms with van der Waals surface area (Å²) in [6.07, 6.45) is -0.488. The number of para-hydroxylation sites is 1.